The molecule has 0 unspecified atom stereocenters. The van der Waals surface area contributed by atoms with Crippen LogP contribution >= 0.6 is 0 Å². The fourth-order valence-electron chi connectivity index (χ4n) is 5.66. The van der Waals surface area contributed by atoms with Crippen molar-refractivity contribution in [2.75, 3.05) is 25.0 Å². The van der Waals surface area contributed by atoms with Crippen molar-refractivity contribution in [3.8, 4) is 0 Å². The highest BCUT2D eigenvalue weighted by molar-refractivity contribution is 5.99. The molecule has 0 radical (unpaired) electrons. The maximum Gasteiger partial charge on any atom is 0.318 e. The summed E-state index contributed by atoms with van der Waals surface area (Å²) in [6.07, 6.45) is 4.40. The number of hydrogen-bond acceptors (Lipinski definition) is 3. The predicted octanol–water partition coefficient (Wildman–Crippen LogP) is 5.37. The number of hydrogen-bond donors (Lipinski definition) is 4. The van der Waals surface area contributed by atoms with Crippen molar-refractivity contribution in [2.45, 2.75) is 44.1 Å². The first-order valence-corrected chi connectivity index (χ1v) is 13.8. The first-order chi connectivity index (χ1) is 19.0. The summed E-state index contributed by atoms with van der Waals surface area (Å²) >= 11 is 0. The van der Waals surface area contributed by atoms with Gasteiger partial charge in [-0.1, -0.05) is 73.7 Å². The number of fused-ring (bicyclic) bond motifs is 1. The maximum atomic E-state index is 13.8. The van der Waals surface area contributed by atoms with E-state index in [9.17, 15) is 9.59 Å². The molecule has 0 spiro atoms. The van der Waals surface area contributed by atoms with E-state index in [0.29, 0.717) is 32.0 Å². The fourth-order valence-corrected chi connectivity index (χ4v) is 5.66. The Morgan fingerprint density at radius 3 is 2.44 bits per heavy atom. The number of rotatable bonds is 8. The molecule has 0 bridgehead atoms. The quantitative estimate of drug-likeness (QED) is 0.250. The Hall–Kier alpha value is -4.10. The van der Waals surface area contributed by atoms with E-state index in [2.05, 4.69) is 39.9 Å². The smallest absolute Gasteiger partial charge is 0.318 e. The SMILES string of the molecule is C[C@@H](c1c[nH]c2ccccc12)[C@@H](NC(=O)N1CCC(c2ccccc2)CC1)C(=O)Nc1ccccc1CCN. The van der Waals surface area contributed by atoms with Crippen molar-refractivity contribution in [3.05, 3.63) is 102 Å². The van der Waals surface area contributed by atoms with Crippen LogP contribution in [-0.2, 0) is 11.2 Å². The van der Waals surface area contributed by atoms with Crippen molar-refractivity contribution in [1.29, 1.82) is 0 Å². The summed E-state index contributed by atoms with van der Waals surface area (Å²) in [6, 6.07) is 25.2. The molecule has 0 aliphatic carbocycles. The second-order valence-corrected chi connectivity index (χ2v) is 10.4. The topological polar surface area (TPSA) is 103 Å². The summed E-state index contributed by atoms with van der Waals surface area (Å²) < 4.78 is 0. The van der Waals surface area contributed by atoms with Crippen molar-refractivity contribution in [3.63, 3.8) is 0 Å². The van der Waals surface area contributed by atoms with Gasteiger partial charge in [0.15, 0.2) is 0 Å². The minimum atomic E-state index is -0.769. The van der Waals surface area contributed by atoms with E-state index in [4.69, 9.17) is 5.73 Å². The van der Waals surface area contributed by atoms with Crippen LogP contribution in [0.2, 0.25) is 0 Å². The molecule has 7 nitrogen and oxygen atoms in total. The highest BCUT2D eigenvalue weighted by Gasteiger charge is 2.32. The Balaban J connectivity index is 1.35. The third-order valence-electron chi connectivity index (χ3n) is 7.92. The van der Waals surface area contributed by atoms with Gasteiger partial charge in [0, 0.05) is 41.8 Å². The van der Waals surface area contributed by atoms with Gasteiger partial charge >= 0.3 is 6.03 Å². The molecule has 2 atom stereocenters. The van der Waals surface area contributed by atoms with Crippen LogP contribution < -0.4 is 16.4 Å². The van der Waals surface area contributed by atoms with E-state index in [1.807, 2.05) is 72.6 Å². The summed E-state index contributed by atoms with van der Waals surface area (Å²) in [5.41, 5.74) is 10.8. The number of para-hydroxylation sites is 2. The van der Waals surface area contributed by atoms with Crippen LogP contribution in [0.5, 0.6) is 0 Å². The summed E-state index contributed by atoms with van der Waals surface area (Å²) in [5.74, 6) is -0.0723. The second kappa shape index (κ2) is 12.2. The van der Waals surface area contributed by atoms with Gasteiger partial charge in [-0.05, 0) is 60.5 Å². The van der Waals surface area contributed by atoms with Gasteiger partial charge in [0.2, 0.25) is 5.91 Å². The maximum absolute atomic E-state index is 13.8. The third kappa shape index (κ3) is 5.99. The van der Waals surface area contributed by atoms with E-state index in [1.54, 1.807) is 0 Å². The summed E-state index contributed by atoms with van der Waals surface area (Å²) in [6.45, 7) is 3.78. The Morgan fingerprint density at radius 2 is 1.67 bits per heavy atom. The minimum absolute atomic E-state index is 0.205. The molecule has 1 saturated heterocycles. The third-order valence-corrected chi connectivity index (χ3v) is 7.92. The number of likely N-dealkylation sites (tertiary alicyclic amines) is 1. The Kier molecular flexibility index (Phi) is 8.27. The molecule has 4 aromatic rings. The molecule has 0 saturated carbocycles. The lowest BCUT2D eigenvalue weighted by atomic mass is 9.89. The highest BCUT2D eigenvalue weighted by Crippen LogP contribution is 2.30. The summed E-state index contributed by atoms with van der Waals surface area (Å²) in [4.78, 5) is 32.5. The van der Waals surface area contributed by atoms with Crippen LogP contribution in [0.3, 0.4) is 0 Å². The van der Waals surface area contributed by atoms with E-state index < -0.39 is 6.04 Å². The number of carbonyl (C=O) groups excluding carboxylic acids is 2. The first kappa shape index (κ1) is 26.5. The first-order valence-electron chi connectivity index (χ1n) is 13.8. The molecule has 3 amide bonds. The van der Waals surface area contributed by atoms with Crippen LogP contribution in [0.15, 0.2) is 85.1 Å². The van der Waals surface area contributed by atoms with Crippen molar-refractivity contribution in [1.82, 2.24) is 15.2 Å². The van der Waals surface area contributed by atoms with E-state index >= 15 is 0 Å². The van der Waals surface area contributed by atoms with Crippen LogP contribution in [0, 0.1) is 0 Å². The number of aromatic nitrogens is 1. The lowest BCUT2D eigenvalue weighted by Crippen LogP contribution is -2.53. The average Bonchev–Trinajstić information content (AvgIpc) is 3.41. The number of benzene rings is 3. The van der Waals surface area contributed by atoms with Crippen molar-refractivity contribution >= 4 is 28.5 Å². The number of urea groups is 1. The Bertz CT molecular complexity index is 1410. The molecular weight excluding hydrogens is 486 g/mol. The van der Waals surface area contributed by atoms with Gasteiger partial charge in [-0.2, -0.15) is 0 Å². The molecule has 5 rings (SSSR count). The number of H-pyrrole nitrogens is 1. The van der Waals surface area contributed by atoms with Crippen LogP contribution in [-0.4, -0.2) is 47.5 Å². The van der Waals surface area contributed by atoms with Crippen LogP contribution in [0.1, 0.15) is 48.3 Å². The Morgan fingerprint density at radius 1 is 0.974 bits per heavy atom. The largest absolute Gasteiger partial charge is 0.361 e. The number of nitrogens with two attached hydrogens (primary N) is 1. The molecule has 39 heavy (non-hydrogen) atoms. The highest BCUT2D eigenvalue weighted by atomic mass is 16.2. The van der Waals surface area contributed by atoms with Crippen LogP contribution in [0.25, 0.3) is 10.9 Å². The zero-order valence-electron chi connectivity index (χ0n) is 22.4. The van der Waals surface area contributed by atoms with Gasteiger partial charge in [-0.15, -0.1) is 0 Å². The molecule has 5 N–H and O–H groups in total. The molecule has 1 aromatic heterocycles. The zero-order valence-corrected chi connectivity index (χ0v) is 22.4. The number of amides is 3. The normalized spacial score (nSPS) is 15.6. The van der Waals surface area contributed by atoms with E-state index in [1.165, 1.54) is 5.56 Å². The van der Waals surface area contributed by atoms with Gasteiger partial charge in [0.25, 0.3) is 0 Å². The zero-order chi connectivity index (χ0) is 27.2. The summed E-state index contributed by atoms with van der Waals surface area (Å²) in [7, 11) is 0. The van der Waals surface area contributed by atoms with Crippen LogP contribution in [0.4, 0.5) is 10.5 Å². The predicted molar refractivity (Wildman–Crippen MR) is 157 cm³/mol. The minimum Gasteiger partial charge on any atom is -0.361 e. The molecule has 2 heterocycles. The van der Waals surface area contributed by atoms with Gasteiger partial charge in [-0.3, -0.25) is 4.79 Å². The number of nitrogens with zero attached hydrogens (tertiary/aromatic N) is 1. The number of carbonyl (C=O) groups is 2. The van der Waals surface area contributed by atoms with Gasteiger partial charge in [0.1, 0.15) is 6.04 Å². The Labute approximate surface area is 229 Å². The average molecular weight is 524 g/mol. The molecule has 7 heteroatoms. The molecule has 1 fully saturated rings. The van der Waals surface area contributed by atoms with Crippen molar-refractivity contribution < 1.29 is 9.59 Å². The number of nitrogens with one attached hydrogen (secondary N) is 3. The molecular formula is C32H37N5O2. The molecule has 202 valence electrons. The monoisotopic (exact) mass is 523 g/mol. The second-order valence-electron chi connectivity index (χ2n) is 10.4. The fraction of sp³-hybridized carbons (Fsp3) is 0.312. The number of piperidine rings is 1. The lowest BCUT2D eigenvalue weighted by molar-refractivity contribution is -0.118. The van der Waals surface area contributed by atoms with Gasteiger partial charge < -0.3 is 26.3 Å². The number of aromatic amines is 1. The van der Waals surface area contributed by atoms with Crippen molar-refractivity contribution in [2.24, 2.45) is 5.73 Å². The molecule has 3 aromatic carbocycles. The van der Waals surface area contributed by atoms with Gasteiger partial charge in [-0.25, -0.2) is 4.79 Å². The standard InChI is InChI=1S/C32H37N5O2/c1-22(27-21-34-29-14-8-6-12-26(27)29)30(31(38)35-28-13-7-5-11-25(28)15-18-33)36-32(39)37-19-16-24(17-20-37)23-9-3-2-4-10-23/h2-14,21-22,24,30,34H,15-20,33H2,1H3,(H,35,38)(H,36,39)/t22-,30+/m0/s1. The lowest BCUT2D eigenvalue weighted by Gasteiger charge is -2.34. The van der Waals surface area contributed by atoms with E-state index in [-0.39, 0.29) is 17.9 Å². The number of anilines is 1. The molecule has 1 aliphatic heterocycles. The summed E-state index contributed by atoms with van der Waals surface area (Å²) in [5, 5.41) is 7.23. The molecule has 1 aliphatic rings. The van der Waals surface area contributed by atoms with E-state index in [0.717, 1.165) is 40.6 Å². The van der Waals surface area contributed by atoms with Gasteiger partial charge in [0.05, 0.1) is 0 Å².